The summed E-state index contributed by atoms with van der Waals surface area (Å²) in [4.78, 5) is 11.9. The van der Waals surface area contributed by atoms with E-state index in [1.54, 1.807) is 18.2 Å². The first kappa shape index (κ1) is 13.0. The Hall–Kier alpha value is -2.09. The molecule has 0 atom stereocenters. The molecule has 0 saturated heterocycles. The van der Waals surface area contributed by atoms with Crippen LogP contribution in [0.2, 0.25) is 0 Å². The van der Waals surface area contributed by atoms with E-state index in [0.717, 1.165) is 12.1 Å². The zero-order chi connectivity index (χ0) is 12.5. The Balaban J connectivity index is 2.76. The van der Waals surface area contributed by atoms with Crippen molar-refractivity contribution in [1.29, 1.82) is 0 Å². The number of hydrogen-bond donors (Lipinski definition) is 1. The van der Waals surface area contributed by atoms with Gasteiger partial charge in [0.25, 0.3) is 5.91 Å². The van der Waals surface area contributed by atoms with Crippen LogP contribution >= 0.6 is 0 Å². The summed E-state index contributed by atoms with van der Waals surface area (Å²) in [7, 11) is 0. The van der Waals surface area contributed by atoms with Gasteiger partial charge in [0.15, 0.2) is 0 Å². The Morgan fingerprint density at radius 2 is 2.06 bits per heavy atom. The molecule has 0 heterocycles. The SMILES string of the molecule is C=C/C=C(\C=C/CC)C(=O)Nc1ccccc1. The number of amides is 1. The molecule has 17 heavy (non-hydrogen) atoms. The number of hydrogen-bond acceptors (Lipinski definition) is 1. The van der Waals surface area contributed by atoms with Crippen LogP contribution in [0, 0.1) is 0 Å². The minimum Gasteiger partial charge on any atom is -0.322 e. The van der Waals surface area contributed by atoms with Gasteiger partial charge in [-0.1, -0.05) is 56.0 Å². The lowest BCUT2D eigenvalue weighted by Crippen LogP contribution is -2.13. The minimum absolute atomic E-state index is 0.124. The first-order valence-electron chi connectivity index (χ1n) is 5.63. The summed E-state index contributed by atoms with van der Waals surface area (Å²) in [6.07, 6.45) is 7.96. The molecular weight excluding hydrogens is 210 g/mol. The number of anilines is 1. The molecule has 0 aliphatic carbocycles. The molecule has 0 bridgehead atoms. The summed E-state index contributed by atoms with van der Waals surface area (Å²) >= 11 is 0. The highest BCUT2D eigenvalue weighted by Crippen LogP contribution is 2.08. The number of benzene rings is 1. The molecule has 2 heteroatoms. The fraction of sp³-hybridized carbons (Fsp3) is 0.133. The van der Waals surface area contributed by atoms with Gasteiger partial charge in [0.1, 0.15) is 0 Å². The second kappa shape index (κ2) is 7.23. The number of rotatable bonds is 5. The summed E-state index contributed by atoms with van der Waals surface area (Å²) < 4.78 is 0. The lowest BCUT2D eigenvalue weighted by atomic mass is 10.2. The number of carbonyl (C=O) groups is 1. The number of allylic oxidation sites excluding steroid dienone is 3. The molecule has 0 aliphatic rings. The normalized spacial score (nSPS) is 11.5. The molecule has 88 valence electrons. The lowest BCUT2D eigenvalue weighted by molar-refractivity contribution is -0.112. The summed E-state index contributed by atoms with van der Waals surface area (Å²) in [5.41, 5.74) is 1.39. The number of nitrogens with one attached hydrogen (secondary N) is 1. The number of para-hydroxylation sites is 1. The third kappa shape index (κ3) is 4.51. The van der Waals surface area contributed by atoms with Gasteiger partial charge >= 0.3 is 0 Å². The summed E-state index contributed by atoms with van der Waals surface area (Å²) in [6, 6.07) is 9.38. The van der Waals surface area contributed by atoms with Gasteiger partial charge in [0.2, 0.25) is 0 Å². The second-order valence-electron chi connectivity index (χ2n) is 3.49. The molecule has 1 amide bonds. The van der Waals surface area contributed by atoms with E-state index in [4.69, 9.17) is 0 Å². The van der Waals surface area contributed by atoms with Crippen LogP contribution in [0.25, 0.3) is 0 Å². The van der Waals surface area contributed by atoms with Crippen molar-refractivity contribution in [2.24, 2.45) is 0 Å². The third-order valence-corrected chi connectivity index (χ3v) is 2.12. The fourth-order valence-corrected chi connectivity index (χ4v) is 1.30. The Morgan fingerprint density at radius 3 is 2.65 bits per heavy atom. The molecular formula is C15H17NO. The maximum absolute atomic E-state index is 11.9. The van der Waals surface area contributed by atoms with Gasteiger partial charge in [-0.2, -0.15) is 0 Å². The largest absolute Gasteiger partial charge is 0.322 e. The van der Waals surface area contributed by atoms with Crippen molar-refractivity contribution in [2.45, 2.75) is 13.3 Å². The number of carbonyl (C=O) groups excluding carboxylic acids is 1. The van der Waals surface area contributed by atoms with Crippen molar-refractivity contribution in [1.82, 2.24) is 0 Å². The fourth-order valence-electron chi connectivity index (χ4n) is 1.30. The smallest absolute Gasteiger partial charge is 0.255 e. The standard InChI is InChI=1S/C15H17NO/c1-3-5-10-13(9-4-2)15(17)16-14-11-7-6-8-12-14/h4-12H,2-3H2,1H3,(H,16,17)/b10-5-,13-9+. The molecule has 0 aromatic heterocycles. The Bertz CT molecular complexity index is 429. The molecule has 0 fully saturated rings. The topological polar surface area (TPSA) is 29.1 Å². The van der Waals surface area contributed by atoms with Crippen molar-refractivity contribution < 1.29 is 4.79 Å². The van der Waals surface area contributed by atoms with Gasteiger partial charge in [-0.05, 0) is 18.6 Å². The third-order valence-electron chi connectivity index (χ3n) is 2.12. The van der Waals surface area contributed by atoms with E-state index >= 15 is 0 Å². The molecule has 1 rings (SSSR count). The average Bonchev–Trinajstić information content (AvgIpc) is 2.35. The summed E-state index contributed by atoms with van der Waals surface area (Å²) in [5.74, 6) is -0.124. The van der Waals surface area contributed by atoms with Gasteiger partial charge in [0.05, 0.1) is 0 Å². The van der Waals surface area contributed by atoms with Crippen LogP contribution in [0.3, 0.4) is 0 Å². The van der Waals surface area contributed by atoms with Crippen LogP contribution < -0.4 is 5.32 Å². The van der Waals surface area contributed by atoms with Crippen molar-refractivity contribution in [3.63, 3.8) is 0 Å². The van der Waals surface area contributed by atoms with Crippen LogP contribution in [0.1, 0.15) is 13.3 Å². The van der Waals surface area contributed by atoms with E-state index in [1.165, 1.54) is 0 Å². The Kier molecular flexibility index (Phi) is 5.52. The van der Waals surface area contributed by atoms with Crippen LogP contribution in [0.4, 0.5) is 5.69 Å². The van der Waals surface area contributed by atoms with E-state index in [1.807, 2.05) is 43.3 Å². The second-order valence-corrected chi connectivity index (χ2v) is 3.49. The van der Waals surface area contributed by atoms with Gasteiger partial charge in [-0.25, -0.2) is 0 Å². The van der Waals surface area contributed by atoms with Crippen LogP contribution in [0.5, 0.6) is 0 Å². The van der Waals surface area contributed by atoms with Crippen molar-refractivity contribution >= 4 is 11.6 Å². The Labute approximate surface area is 102 Å². The van der Waals surface area contributed by atoms with Crippen molar-refractivity contribution in [2.75, 3.05) is 5.32 Å². The first-order valence-corrected chi connectivity index (χ1v) is 5.63. The first-order chi connectivity index (χ1) is 8.27. The zero-order valence-electron chi connectivity index (χ0n) is 10.0. The molecule has 2 nitrogen and oxygen atoms in total. The van der Waals surface area contributed by atoms with Crippen LogP contribution in [-0.4, -0.2) is 5.91 Å². The van der Waals surface area contributed by atoms with E-state index in [9.17, 15) is 4.79 Å². The van der Waals surface area contributed by atoms with Crippen LogP contribution in [-0.2, 0) is 4.79 Å². The van der Waals surface area contributed by atoms with E-state index in [0.29, 0.717) is 5.57 Å². The molecule has 0 unspecified atom stereocenters. The van der Waals surface area contributed by atoms with Crippen molar-refractivity contribution in [3.8, 4) is 0 Å². The maximum atomic E-state index is 11.9. The van der Waals surface area contributed by atoms with E-state index < -0.39 is 0 Å². The van der Waals surface area contributed by atoms with Gasteiger partial charge in [-0.3, -0.25) is 4.79 Å². The molecule has 0 saturated carbocycles. The highest BCUT2D eigenvalue weighted by Gasteiger charge is 2.05. The molecule has 0 radical (unpaired) electrons. The molecule has 0 spiro atoms. The quantitative estimate of drug-likeness (QED) is 0.603. The molecule has 0 aliphatic heterocycles. The highest BCUT2D eigenvalue weighted by atomic mass is 16.1. The van der Waals surface area contributed by atoms with E-state index in [-0.39, 0.29) is 5.91 Å². The van der Waals surface area contributed by atoms with Crippen molar-refractivity contribution in [3.05, 3.63) is 66.8 Å². The van der Waals surface area contributed by atoms with Gasteiger partial charge in [-0.15, -0.1) is 0 Å². The van der Waals surface area contributed by atoms with Gasteiger partial charge in [0, 0.05) is 11.3 Å². The van der Waals surface area contributed by atoms with Crippen LogP contribution in [0.15, 0.2) is 66.8 Å². The molecule has 1 N–H and O–H groups in total. The lowest BCUT2D eigenvalue weighted by Gasteiger charge is -2.05. The maximum Gasteiger partial charge on any atom is 0.255 e. The predicted octanol–water partition coefficient (Wildman–Crippen LogP) is 3.70. The summed E-state index contributed by atoms with van der Waals surface area (Å²) in [5, 5.41) is 2.83. The predicted molar refractivity (Wildman–Crippen MR) is 72.8 cm³/mol. The Morgan fingerprint density at radius 1 is 1.35 bits per heavy atom. The van der Waals surface area contributed by atoms with E-state index in [2.05, 4.69) is 11.9 Å². The minimum atomic E-state index is -0.124. The highest BCUT2D eigenvalue weighted by molar-refractivity contribution is 6.05. The average molecular weight is 227 g/mol. The monoisotopic (exact) mass is 227 g/mol. The summed E-state index contributed by atoms with van der Waals surface area (Å²) in [6.45, 7) is 5.63. The van der Waals surface area contributed by atoms with Gasteiger partial charge < -0.3 is 5.32 Å². The zero-order valence-corrected chi connectivity index (χ0v) is 10.0. The molecule has 1 aromatic rings. The molecule has 1 aromatic carbocycles.